The summed E-state index contributed by atoms with van der Waals surface area (Å²) < 4.78 is 7.86. The molecule has 0 bridgehead atoms. The van der Waals surface area contributed by atoms with Crippen molar-refractivity contribution in [3.63, 3.8) is 0 Å². The Morgan fingerprint density at radius 2 is 2.32 bits per heavy atom. The third kappa shape index (κ3) is 4.57. The SMILES string of the molecule is CNc1cc(C)nc([C@H]2CN(C(=O)CCCn3ccnc3)CCO2)c1. The molecule has 1 atom stereocenters. The molecule has 0 spiro atoms. The number of hydrogen-bond acceptors (Lipinski definition) is 5. The first-order chi connectivity index (χ1) is 12.2. The molecule has 25 heavy (non-hydrogen) atoms. The van der Waals surface area contributed by atoms with E-state index in [1.807, 2.05) is 41.8 Å². The molecule has 3 heterocycles. The second-order valence-electron chi connectivity index (χ2n) is 6.28. The normalized spacial score (nSPS) is 17.5. The monoisotopic (exact) mass is 343 g/mol. The summed E-state index contributed by atoms with van der Waals surface area (Å²) in [5, 5.41) is 3.14. The van der Waals surface area contributed by atoms with Crippen LogP contribution in [0.1, 0.15) is 30.3 Å². The van der Waals surface area contributed by atoms with E-state index in [-0.39, 0.29) is 12.0 Å². The number of anilines is 1. The molecule has 0 unspecified atom stereocenters. The highest BCUT2D eigenvalue weighted by Crippen LogP contribution is 2.24. The van der Waals surface area contributed by atoms with Crippen LogP contribution in [0.4, 0.5) is 5.69 Å². The van der Waals surface area contributed by atoms with Crippen molar-refractivity contribution in [2.75, 3.05) is 32.1 Å². The van der Waals surface area contributed by atoms with Crippen molar-refractivity contribution < 1.29 is 9.53 Å². The number of pyridine rings is 1. The van der Waals surface area contributed by atoms with Crippen LogP contribution in [0.25, 0.3) is 0 Å². The fourth-order valence-electron chi connectivity index (χ4n) is 3.05. The average molecular weight is 343 g/mol. The summed E-state index contributed by atoms with van der Waals surface area (Å²) >= 11 is 0. The molecule has 1 aliphatic rings. The van der Waals surface area contributed by atoms with Gasteiger partial charge in [0.25, 0.3) is 0 Å². The van der Waals surface area contributed by atoms with E-state index in [4.69, 9.17) is 4.74 Å². The van der Waals surface area contributed by atoms with Crippen molar-refractivity contribution >= 4 is 11.6 Å². The molecular formula is C18H25N5O2. The summed E-state index contributed by atoms with van der Waals surface area (Å²) in [7, 11) is 1.89. The van der Waals surface area contributed by atoms with E-state index >= 15 is 0 Å². The van der Waals surface area contributed by atoms with Gasteiger partial charge in [-0.3, -0.25) is 9.78 Å². The number of rotatable bonds is 6. The minimum atomic E-state index is -0.168. The van der Waals surface area contributed by atoms with Gasteiger partial charge in [0.05, 0.1) is 25.2 Å². The van der Waals surface area contributed by atoms with Gasteiger partial charge in [-0.2, -0.15) is 0 Å². The Bertz CT molecular complexity index is 701. The van der Waals surface area contributed by atoms with E-state index in [9.17, 15) is 4.79 Å². The van der Waals surface area contributed by atoms with Gasteiger partial charge in [0.2, 0.25) is 5.91 Å². The fourth-order valence-corrected chi connectivity index (χ4v) is 3.05. The van der Waals surface area contributed by atoms with E-state index in [0.29, 0.717) is 26.1 Å². The standard InChI is InChI=1S/C18H25N5O2/c1-14-10-15(19-2)11-16(21-14)17-12-23(8-9-25-17)18(24)4-3-6-22-7-5-20-13-22/h5,7,10-11,13,17H,3-4,6,8-9,12H2,1-2H3,(H,19,21)/t17-/m1/s1. The Hall–Kier alpha value is -2.41. The number of morpholine rings is 1. The Balaban J connectivity index is 1.57. The van der Waals surface area contributed by atoms with Crippen molar-refractivity contribution in [3.8, 4) is 0 Å². The third-order valence-corrected chi connectivity index (χ3v) is 4.38. The Kier molecular flexibility index (Phi) is 5.65. The first kappa shape index (κ1) is 17.4. The van der Waals surface area contributed by atoms with Crippen molar-refractivity contribution in [2.45, 2.75) is 32.4 Å². The predicted octanol–water partition coefficient (Wildman–Crippen LogP) is 2.01. The highest BCUT2D eigenvalue weighted by Gasteiger charge is 2.26. The van der Waals surface area contributed by atoms with Crippen molar-refractivity contribution in [2.24, 2.45) is 0 Å². The van der Waals surface area contributed by atoms with E-state index in [1.165, 1.54) is 0 Å². The Labute approximate surface area is 148 Å². The summed E-state index contributed by atoms with van der Waals surface area (Å²) in [5.74, 6) is 0.176. The molecule has 0 aliphatic carbocycles. The number of imidazole rings is 1. The molecule has 0 radical (unpaired) electrons. The van der Waals surface area contributed by atoms with Gasteiger partial charge in [-0.15, -0.1) is 0 Å². The van der Waals surface area contributed by atoms with Gasteiger partial charge < -0.3 is 19.5 Å². The lowest BCUT2D eigenvalue weighted by molar-refractivity contribution is -0.139. The Morgan fingerprint density at radius 1 is 1.44 bits per heavy atom. The van der Waals surface area contributed by atoms with Gasteiger partial charge in [0, 0.05) is 50.3 Å². The molecule has 1 fully saturated rings. The largest absolute Gasteiger partial charge is 0.388 e. The zero-order valence-electron chi connectivity index (χ0n) is 14.8. The number of amides is 1. The van der Waals surface area contributed by atoms with Gasteiger partial charge in [0.1, 0.15) is 6.10 Å². The number of hydrogen-bond donors (Lipinski definition) is 1. The average Bonchev–Trinajstić information content (AvgIpc) is 3.14. The van der Waals surface area contributed by atoms with E-state index < -0.39 is 0 Å². The van der Waals surface area contributed by atoms with E-state index in [0.717, 1.165) is 30.0 Å². The second kappa shape index (κ2) is 8.11. The maximum Gasteiger partial charge on any atom is 0.222 e. The van der Waals surface area contributed by atoms with E-state index in [1.54, 1.807) is 12.5 Å². The maximum absolute atomic E-state index is 12.5. The second-order valence-corrected chi connectivity index (χ2v) is 6.28. The van der Waals surface area contributed by atoms with Gasteiger partial charge in [-0.1, -0.05) is 0 Å². The van der Waals surface area contributed by atoms with Crippen LogP contribution in [-0.2, 0) is 16.1 Å². The van der Waals surface area contributed by atoms with Gasteiger partial charge in [-0.05, 0) is 25.5 Å². The molecule has 2 aromatic heterocycles. The topological polar surface area (TPSA) is 72.3 Å². The minimum absolute atomic E-state index is 0.168. The first-order valence-corrected chi connectivity index (χ1v) is 8.67. The number of ether oxygens (including phenoxy) is 1. The van der Waals surface area contributed by atoms with Gasteiger partial charge in [0.15, 0.2) is 0 Å². The lowest BCUT2D eigenvalue weighted by Crippen LogP contribution is -2.42. The molecule has 2 aromatic rings. The predicted molar refractivity (Wildman–Crippen MR) is 95.3 cm³/mol. The lowest BCUT2D eigenvalue weighted by Gasteiger charge is -2.33. The lowest BCUT2D eigenvalue weighted by atomic mass is 10.1. The highest BCUT2D eigenvalue weighted by atomic mass is 16.5. The van der Waals surface area contributed by atoms with Gasteiger partial charge in [-0.25, -0.2) is 4.98 Å². The Morgan fingerprint density at radius 3 is 3.08 bits per heavy atom. The molecule has 0 saturated carbocycles. The molecule has 3 rings (SSSR count). The van der Waals surface area contributed by atoms with E-state index in [2.05, 4.69) is 15.3 Å². The molecule has 0 aromatic carbocycles. The molecule has 1 amide bonds. The zero-order valence-corrected chi connectivity index (χ0v) is 14.8. The molecule has 134 valence electrons. The van der Waals surface area contributed by atoms with Gasteiger partial charge >= 0.3 is 0 Å². The molecule has 1 N–H and O–H groups in total. The summed E-state index contributed by atoms with van der Waals surface area (Å²) in [4.78, 5) is 23.0. The summed E-state index contributed by atoms with van der Waals surface area (Å²) in [5.41, 5.74) is 2.82. The molecule has 7 nitrogen and oxygen atoms in total. The van der Waals surface area contributed by atoms with Crippen molar-refractivity contribution in [1.82, 2.24) is 19.4 Å². The van der Waals surface area contributed by atoms with Crippen LogP contribution in [0.3, 0.4) is 0 Å². The number of nitrogens with one attached hydrogen (secondary N) is 1. The number of aromatic nitrogens is 3. The molecule has 7 heteroatoms. The fraction of sp³-hybridized carbons (Fsp3) is 0.500. The van der Waals surface area contributed by atoms with Crippen LogP contribution in [-0.4, -0.2) is 52.1 Å². The van der Waals surface area contributed by atoms with Crippen LogP contribution in [0.2, 0.25) is 0 Å². The van der Waals surface area contributed by atoms with Crippen LogP contribution in [0, 0.1) is 6.92 Å². The van der Waals surface area contributed by atoms with Crippen LogP contribution in [0.15, 0.2) is 30.9 Å². The molecular weight excluding hydrogens is 318 g/mol. The number of carbonyl (C=O) groups is 1. The molecule has 1 aliphatic heterocycles. The number of carbonyl (C=O) groups excluding carboxylic acids is 1. The number of aryl methyl sites for hydroxylation is 2. The quantitative estimate of drug-likeness (QED) is 0.869. The van der Waals surface area contributed by atoms with Crippen molar-refractivity contribution in [1.29, 1.82) is 0 Å². The summed E-state index contributed by atoms with van der Waals surface area (Å²) in [6.45, 7) is 4.52. The van der Waals surface area contributed by atoms with Crippen LogP contribution >= 0.6 is 0 Å². The van der Waals surface area contributed by atoms with Crippen LogP contribution < -0.4 is 5.32 Å². The maximum atomic E-state index is 12.5. The molecule has 1 saturated heterocycles. The summed E-state index contributed by atoms with van der Waals surface area (Å²) in [6.07, 6.45) is 6.62. The summed E-state index contributed by atoms with van der Waals surface area (Å²) in [6, 6.07) is 3.98. The zero-order chi connectivity index (χ0) is 17.6. The van der Waals surface area contributed by atoms with Crippen molar-refractivity contribution in [3.05, 3.63) is 42.2 Å². The van der Waals surface area contributed by atoms with Crippen LogP contribution in [0.5, 0.6) is 0 Å². The minimum Gasteiger partial charge on any atom is -0.388 e. The number of nitrogens with zero attached hydrogens (tertiary/aromatic N) is 4. The first-order valence-electron chi connectivity index (χ1n) is 8.67. The highest BCUT2D eigenvalue weighted by molar-refractivity contribution is 5.76. The third-order valence-electron chi connectivity index (χ3n) is 4.38. The smallest absolute Gasteiger partial charge is 0.222 e.